The minimum absolute atomic E-state index is 0.160. The summed E-state index contributed by atoms with van der Waals surface area (Å²) in [6.45, 7) is 3.07. The van der Waals surface area contributed by atoms with Gasteiger partial charge in [-0.3, -0.25) is 4.79 Å². The average molecular weight is 494 g/mol. The number of para-hydroxylation sites is 2. The molecule has 0 aromatic heterocycles. The first kappa shape index (κ1) is 22.7. The number of anilines is 2. The van der Waals surface area contributed by atoms with Crippen molar-refractivity contribution in [3.05, 3.63) is 89.5 Å². The predicted molar refractivity (Wildman–Crippen MR) is 147 cm³/mol. The fourth-order valence-electron chi connectivity index (χ4n) is 7.83. The zero-order valence-corrected chi connectivity index (χ0v) is 21.5. The lowest BCUT2D eigenvalue weighted by Gasteiger charge is -2.44. The van der Waals surface area contributed by atoms with Crippen molar-refractivity contribution in [2.45, 2.75) is 31.2 Å². The molecule has 3 aromatic carbocycles. The molecule has 3 aromatic rings. The number of hydrogen-bond donors (Lipinski definition) is 1. The van der Waals surface area contributed by atoms with Crippen molar-refractivity contribution >= 4 is 17.3 Å². The van der Waals surface area contributed by atoms with Crippen molar-refractivity contribution in [3.8, 4) is 5.75 Å². The van der Waals surface area contributed by atoms with Crippen LogP contribution in [0.3, 0.4) is 0 Å². The minimum atomic E-state index is 0.160. The van der Waals surface area contributed by atoms with Gasteiger partial charge < -0.3 is 19.9 Å². The van der Waals surface area contributed by atoms with Gasteiger partial charge in [-0.05, 0) is 84.4 Å². The highest BCUT2D eigenvalue weighted by Gasteiger charge is 2.53. The maximum Gasteiger partial charge on any atom is 0.253 e. The standard InChI is InChI=1S/C32H35N3O2/c1-37-28-10-6-5-9-27(28)34-15-17-35(18-16-34)32(36)24-13-14-26-25(20-24)29-22-11-12-23(19-22)30(29)31(33-26)21-7-3-2-4-8-21/h2-10,13-14,20,22-23,29-31,33H,11-12,15-19H2,1H3/t22-,23-,29-,30+,31+/m0/s1. The van der Waals surface area contributed by atoms with Gasteiger partial charge >= 0.3 is 0 Å². The van der Waals surface area contributed by atoms with E-state index in [1.807, 2.05) is 29.2 Å². The summed E-state index contributed by atoms with van der Waals surface area (Å²) in [5, 5.41) is 3.91. The summed E-state index contributed by atoms with van der Waals surface area (Å²) in [6, 6.07) is 25.9. The van der Waals surface area contributed by atoms with E-state index in [1.54, 1.807) is 7.11 Å². The van der Waals surface area contributed by atoms with Crippen LogP contribution in [0.25, 0.3) is 0 Å². The van der Waals surface area contributed by atoms with Gasteiger partial charge in [0, 0.05) is 37.4 Å². The molecule has 2 bridgehead atoms. The Morgan fingerprint density at radius 1 is 0.892 bits per heavy atom. The topological polar surface area (TPSA) is 44.8 Å². The van der Waals surface area contributed by atoms with E-state index in [0.717, 1.165) is 55.0 Å². The summed E-state index contributed by atoms with van der Waals surface area (Å²) in [7, 11) is 1.71. The molecule has 2 saturated carbocycles. The van der Waals surface area contributed by atoms with Crippen LogP contribution in [0.15, 0.2) is 72.8 Å². The number of piperazine rings is 1. The molecule has 1 saturated heterocycles. The highest BCUT2D eigenvalue weighted by atomic mass is 16.5. The van der Waals surface area contributed by atoms with Crippen LogP contribution in [-0.4, -0.2) is 44.1 Å². The number of nitrogens with zero attached hydrogens (tertiary/aromatic N) is 2. The first-order valence-corrected chi connectivity index (χ1v) is 13.8. The number of amides is 1. The Hall–Kier alpha value is -3.47. The average Bonchev–Trinajstić information content (AvgIpc) is 3.60. The Kier molecular flexibility index (Phi) is 5.60. The quantitative estimate of drug-likeness (QED) is 0.488. The first-order chi connectivity index (χ1) is 18.2. The van der Waals surface area contributed by atoms with Crippen LogP contribution in [0.1, 0.15) is 52.7 Å². The largest absolute Gasteiger partial charge is 0.495 e. The van der Waals surface area contributed by atoms with E-state index in [9.17, 15) is 4.79 Å². The van der Waals surface area contributed by atoms with E-state index in [-0.39, 0.29) is 5.91 Å². The molecule has 2 heterocycles. The van der Waals surface area contributed by atoms with Crippen LogP contribution in [-0.2, 0) is 0 Å². The second kappa shape index (κ2) is 9.13. The molecule has 0 radical (unpaired) electrons. The second-order valence-corrected chi connectivity index (χ2v) is 11.2. The van der Waals surface area contributed by atoms with Gasteiger partial charge in [0.2, 0.25) is 0 Å². The van der Waals surface area contributed by atoms with Crippen molar-refractivity contribution in [1.29, 1.82) is 0 Å². The zero-order chi connectivity index (χ0) is 24.9. The number of benzene rings is 3. The van der Waals surface area contributed by atoms with Gasteiger partial charge in [0.1, 0.15) is 5.75 Å². The van der Waals surface area contributed by atoms with E-state index in [2.05, 4.69) is 58.7 Å². The van der Waals surface area contributed by atoms with Gasteiger partial charge in [-0.2, -0.15) is 0 Å². The number of methoxy groups -OCH3 is 1. The molecule has 7 rings (SSSR count). The number of ether oxygens (including phenoxy) is 1. The van der Waals surface area contributed by atoms with Crippen molar-refractivity contribution in [2.75, 3.05) is 43.5 Å². The molecule has 2 aliphatic heterocycles. The van der Waals surface area contributed by atoms with E-state index in [1.165, 1.54) is 36.1 Å². The number of nitrogens with one attached hydrogen (secondary N) is 1. The smallest absolute Gasteiger partial charge is 0.253 e. The summed E-state index contributed by atoms with van der Waals surface area (Å²) in [5.41, 5.74) is 5.94. The van der Waals surface area contributed by atoms with Gasteiger partial charge in [0.05, 0.1) is 18.8 Å². The maximum atomic E-state index is 13.7. The Balaban J connectivity index is 1.12. The number of carbonyl (C=O) groups excluding carboxylic acids is 1. The highest BCUT2D eigenvalue weighted by Crippen LogP contribution is 2.63. The van der Waals surface area contributed by atoms with Gasteiger partial charge in [0.15, 0.2) is 0 Å². The minimum Gasteiger partial charge on any atom is -0.495 e. The molecule has 4 aliphatic rings. The lowest BCUT2D eigenvalue weighted by atomic mass is 9.68. The molecule has 1 N–H and O–H groups in total. The van der Waals surface area contributed by atoms with Crippen molar-refractivity contribution in [2.24, 2.45) is 17.8 Å². The number of rotatable bonds is 4. The Morgan fingerprint density at radius 3 is 2.46 bits per heavy atom. The Labute approximate surface area is 219 Å². The Morgan fingerprint density at radius 2 is 1.65 bits per heavy atom. The van der Waals surface area contributed by atoms with Crippen molar-refractivity contribution in [3.63, 3.8) is 0 Å². The first-order valence-electron chi connectivity index (χ1n) is 13.8. The summed E-state index contributed by atoms with van der Waals surface area (Å²) in [5.74, 6) is 3.74. The second-order valence-electron chi connectivity index (χ2n) is 11.2. The summed E-state index contributed by atoms with van der Waals surface area (Å²) >= 11 is 0. The van der Waals surface area contributed by atoms with Crippen molar-refractivity contribution < 1.29 is 9.53 Å². The molecule has 1 amide bonds. The molecule has 0 unspecified atom stereocenters. The van der Waals surface area contributed by atoms with E-state index >= 15 is 0 Å². The third-order valence-corrected chi connectivity index (χ3v) is 9.49. The molecule has 5 heteroatoms. The van der Waals surface area contributed by atoms with Crippen LogP contribution >= 0.6 is 0 Å². The molecular formula is C32H35N3O2. The lowest BCUT2D eigenvalue weighted by molar-refractivity contribution is 0.0746. The molecule has 0 spiro atoms. The number of hydrogen-bond acceptors (Lipinski definition) is 4. The molecule has 2 aliphatic carbocycles. The Bertz CT molecular complexity index is 1300. The van der Waals surface area contributed by atoms with Crippen LogP contribution in [0, 0.1) is 17.8 Å². The fraction of sp³-hybridized carbons (Fsp3) is 0.406. The summed E-state index contributed by atoms with van der Waals surface area (Å²) in [4.78, 5) is 18.0. The summed E-state index contributed by atoms with van der Waals surface area (Å²) < 4.78 is 5.56. The number of fused-ring (bicyclic) bond motifs is 7. The monoisotopic (exact) mass is 493 g/mol. The molecule has 5 nitrogen and oxygen atoms in total. The van der Waals surface area contributed by atoms with E-state index in [4.69, 9.17) is 4.74 Å². The molecule has 5 atom stereocenters. The van der Waals surface area contributed by atoms with Gasteiger partial charge in [-0.1, -0.05) is 42.5 Å². The third-order valence-electron chi connectivity index (χ3n) is 9.49. The van der Waals surface area contributed by atoms with Crippen LogP contribution in [0.5, 0.6) is 5.75 Å². The van der Waals surface area contributed by atoms with Gasteiger partial charge in [0.25, 0.3) is 5.91 Å². The van der Waals surface area contributed by atoms with Crippen LogP contribution in [0.4, 0.5) is 11.4 Å². The maximum absolute atomic E-state index is 13.7. The number of carbonyl (C=O) groups is 1. The third kappa shape index (κ3) is 3.78. The lowest BCUT2D eigenvalue weighted by Crippen LogP contribution is -2.49. The molecule has 3 fully saturated rings. The zero-order valence-electron chi connectivity index (χ0n) is 21.5. The molecule has 190 valence electrons. The van der Waals surface area contributed by atoms with Crippen LogP contribution < -0.4 is 15.0 Å². The van der Waals surface area contributed by atoms with E-state index in [0.29, 0.717) is 17.9 Å². The van der Waals surface area contributed by atoms with Crippen LogP contribution in [0.2, 0.25) is 0 Å². The normalized spacial score (nSPS) is 27.9. The van der Waals surface area contributed by atoms with Crippen molar-refractivity contribution in [1.82, 2.24) is 4.90 Å². The van der Waals surface area contributed by atoms with Gasteiger partial charge in [-0.25, -0.2) is 0 Å². The SMILES string of the molecule is COc1ccccc1N1CCN(C(=O)c2ccc3c(c2)[C@@H]2[C@H]4CC[C@@H](C4)[C@H]2[C@@H](c2ccccc2)N3)CC1. The fourth-order valence-corrected chi connectivity index (χ4v) is 7.83. The predicted octanol–water partition coefficient (Wildman–Crippen LogP) is 5.95. The molecule has 37 heavy (non-hydrogen) atoms. The summed E-state index contributed by atoms with van der Waals surface area (Å²) in [6.07, 6.45) is 4.01. The highest BCUT2D eigenvalue weighted by molar-refractivity contribution is 5.95. The van der Waals surface area contributed by atoms with E-state index < -0.39 is 0 Å². The van der Waals surface area contributed by atoms with Gasteiger partial charge in [-0.15, -0.1) is 0 Å². The molecular weight excluding hydrogens is 458 g/mol.